The van der Waals surface area contributed by atoms with Gasteiger partial charge in [0.1, 0.15) is 11.1 Å². The maximum atomic E-state index is 11.1. The summed E-state index contributed by atoms with van der Waals surface area (Å²) in [6.07, 6.45) is 0. The SMILES string of the molecule is O=[N+]([O-])c1ccc(N/N=C2\c3ccccc3C2Cl)c([N+](=O)[O-])c1. The van der Waals surface area contributed by atoms with Gasteiger partial charge in [-0.25, -0.2) is 0 Å². The van der Waals surface area contributed by atoms with Crippen LogP contribution in [0.15, 0.2) is 47.6 Å². The monoisotopic (exact) mass is 332 g/mol. The minimum atomic E-state index is -0.706. The first-order valence-electron chi connectivity index (χ1n) is 6.49. The van der Waals surface area contributed by atoms with Gasteiger partial charge in [-0.2, -0.15) is 5.10 Å². The van der Waals surface area contributed by atoms with Gasteiger partial charge in [0.15, 0.2) is 0 Å². The molecule has 0 amide bonds. The summed E-state index contributed by atoms with van der Waals surface area (Å²) in [6, 6.07) is 10.7. The van der Waals surface area contributed by atoms with Gasteiger partial charge in [0.25, 0.3) is 5.69 Å². The molecule has 0 saturated carbocycles. The normalized spacial score (nSPS) is 17.3. The molecule has 0 fully saturated rings. The molecule has 2 aromatic carbocycles. The van der Waals surface area contributed by atoms with E-state index in [0.717, 1.165) is 17.2 Å². The van der Waals surface area contributed by atoms with Crippen LogP contribution in [0, 0.1) is 20.2 Å². The summed E-state index contributed by atoms with van der Waals surface area (Å²) >= 11 is 6.19. The van der Waals surface area contributed by atoms with E-state index in [1.54, 1.807) is 0 Å². The average molecular weight is 333 g/mol. The Morgan fingerprint density at radius 3 is 2.52 bits per heavy atom. The molecular weight excluding hydrogens is 324 g/mol. The summed E-state index contributed by atoms with van der Waals surface area (Å²) < 4.78 is 0. The summed E-state index contributed by atoms with van der Waals surface area (Å²) in [5.41, 5.74) is 4.21. The van der Waals surface area contributed by atoms with Crippen molar-refractivity contribution >= 4 is 34.4 Å². The molecule has 0 aromatic heterocycles. The predicted octanol–water partition coefficient (Wildman–Crippen LogP) is 3.61. The highest BCUT2D eigenvalue weighted by molar-refractivity contribution is 6.40. The molecule has 23 heavy (non-hydrogen) atoms. The number of fused-ring (bicyclic) bond motifs is 1. The summed E-state index contributed by atoms with van der Waals surface area (Å²) in [5.74, 6) is 0. The molecule has 0 heterocycles. The van der Waals surface area contributed by atoms with Crippen molar-refractivity contribution in [3.8, 4) is 0 Å². The lowest BCUT2D eigenvalue weighted by Crippen LogP contribution is -2.24. The highest BCUT2D eigenvalue weighted by Crippen LogP contribution is 2.39. The summed E-state index contributed by atoms with van der Waals surface area (Å²) in [4.78, 5) is 20.4. The van der Waals surface area contributed by atoms with E-state index in [0.29, 0.717) is 5.71 Å². The Morgan fingerprint density at radius 1 is 1.09 bits per heavy atom. The minimum Gasteiger partial charge on any atom is -0.271 e. The van der Waals surface area contributed by atoms with Gasteiger partial charge >= 0.3 is 5.69 Å². The number of nitrogens with zero attached hydrogens (tertiary/aromatic N) is 3. The summed E-state index contributed by atoms with van der Waals surface area (Å²) in [7, 11) is 0. The highest BCUT2D eigenvalue weighted by Gasteiger charge is 2.32. The van der Waals surface area contributed by atoms with Crippen LogP contribution in [0.4, 0.5) is 17.1 Å². The number of hydrogen-bond acceptors (Lipinski definition) is 6. The first kappa shape index (κ1) is 14.9. The van der Waals surface area contributed by atoms with Crippen LogP contribution in [0.1, 0.15) is 16.5 Å². The lowest BCUT2D eigenvalue weighted by atomic mass is 9.86. The Morgan fingerprint density at radius 2 is 1.83 bits per heavy atom. The first-order valence-corrected chi connectivity index (χ1v) is 6.92. The van der Waals surface area contributed by atoms with Crippen LogP contribution in [-0.2, 0) is 0 Å². The molecule has 1 N–H and O–H groups in total. The topological polar surface area (TPSA) is 111 Å². The second kappa shape index (κ2) is 5.65. The van der Waals surface area contributed by atoms with Crippen LogP contribution < -0.4 is 5.43 Å². The van der Waals surface area contributed by atoms with Crippen LogP contribution in [0.3, 0.4) is 0 Å². The van der Waals surface area contributed by atoms with Crippen LogP contribution in [0.25, 0.3) is 0 Å². The zero-order chi connectivity index (χ0) is 16.6. The van der Waals surface area contributed by atoms with Crippen molar-refractivity contribution in [3.05, 3.63) is 73.8 Å². The summed E-state index contributed by atoms with van der Waals surface area (Å²) in [6.45, 7) is 0. The van der Waals surface area contributed by atoms with Crippen LogP contribution >= 0.6 is 11.6 Å². The molecule has 1 unspecified atom stereocenters. The quantitative estimate of drug-likeness (QED) is 0.522. The number of hydrazone groups is 1. The van der Waals surface area contributed by atoms with E-state index in [2.05, 4.69) is 10.5 Å². The van der Waals surface area contributed by atoms with Crippen molar-refractivity contribution in [2.45, 2.75) is 5.38 Å². The fourth-order valence-electron chi connectivity index (χ4n) is 2.27. The number of non-ortho nitro benzene ring substituents is 1. The number of nitrogens with one attached hydrogen (secondary N) is 1. The van der Waals surface area contributed by atoms with Crippen molar-refractivity contribution in [1.82, 2.24) is 0 Å². The summed E-state index contributed by atoms with van der Waals surface area (Å²) in [5, 5.41) is 25.5. The van der Waals surface area contributed by atoms with Crippen LogP contribution in [0.5, 0.6) is 0 Å². The molecule has 3 rings (SSSR count). The molecule has 0 aliphatic heterocycles. The lowest BCUT2D eigenvalue weighted by molar-refractivity contribution is -0.393. The van der Waals surface area contributed by atoms with Gasteiger partial charge < -0.3 is 0 Å². The maximum absolute atomic E-state index is 11.1. The van der Waals surface area contributed by atoms with E-state index in [1.807, 2.05) is 24.3 Å². The standard InChI is InChI=1S/C14H9ClN4O4/c15-13-9-3-1-2-4-10(9)14(13)17-16-11-6-5-8(18(20)21)7-12(11)19(22)23/h1-7,13,16H/b17-14+. The van der Waals surface area contributed by atoms with Gasteiger partial charge in [-0.15, -0.1) is 11.6 Å². The molecule has 0 spiro atoms. The van der Waals surface area contributed by atoms with Crippen LogP contribution in [-0.4, -0.2) is 15.6 Å². The van der Waals surface area contributed by atoms with Gasteiger partial charge in [-0.1, -0.05) is 24.3 Å². The largest absolute Gasteiger partial charge is 0.301 e. The maximum Gasteiger partial charge on any atom is 0.301 e. The van der Waals surface area contributed by atoms with E-state index in [9.17, 15) is 20.2 Å². The van der Waals surface area contributed by atoms with Gasteiger partial charge in [-0.05, 0) is 11.6 Å². The van der Waals surface area contributed by atoms with Crippen molar-refractivity contribution in [2.24, 2.45) is 5.10 Å². The number of anilines is 1. The lowest BCUT2D eigenvalue weighted by Gasteiger charge is -2.26. The van der Waals surface area contributed by atoms with Crippen molar-refractivity contribution < 1.29 is 9.85 Å². The zero-order valence-corrected chi connectivity index (χ0v) is 12.2. The van der Waals surface area contributed by atoms with E-state index in [-0.39, 0.29) is 11.4 Å². The molecule has 116 valence electrons. The zero-order valence-electron chi connectivity index (χ0n) is 11.5. The number of nitro benzene ring substituents is 2. The molecule has 1 aliphatic rings. The number of benzene rings is 2. The average Bonchev–Trinajstić information content (AvgIpc) is 2.54. The number of nitro groups is 2. The second-order valence-corrected chi connectivity index (χ2v) is 5.21. The first-order chi connectivity index (χ1) is 11.0. The van der Waals surface area contributed by atoms with Gasteiger partial charge in [0.2, 0.25) is 0 Å². The van der Waals surface area contributed by atoms with Crippen molar-refractivity contribution in [2.75, 3.05) is 5.43 Å². The number of alkyl halides is 1. The van der Waals surface area contributed by atoms with Crippen molar-refractivity contribution in [3.63, 3.8) is 0 Å². The fourth-order valence-corrected chi connectivity index (χ4v) is 2.63. The molecule has 9 heteroatoms. The molecule has 1 aliphatic carbocycles. The number of hydrogen-bond donors (Lipinski definition) is 1. The van der Waals surface area contributed by atoms with E-state index in [4.69, 9.17) is 11.6 Å². The molecule has 0 radical (unpaired) electrons. The number of halogens is 1. The molecule has 1 atom stereocenters. The Balaban J connectivity index is 1.91. The molecule has 0 saturated heterocycles. The van der Waals surface area contributed by atoms with Gasteiger partial charge in [-0.3, -0.25) is 25.7 Å². The Kier molecular flexibility index (Phi) is 3.67. The Hall–Kier alpha value is -3.00. The molecule has 8 nitrogen and oxygen atoms in total. The number of rotatable bonds is 4. The van der Waals surface area contributed by atoms with E-state index < -0.39 is 20.9 Å². The Labute approximate surface area is 134 Å². The predicted molar refractivity (Wildman–Crippen MR) is 84.9 cm³/mol. The Bertz CT molecular complexity index is 852. The second-order valence-electron chi connectivity index (χ2n) is 4.77. The fraction of sp³-hybridized carbons (Fsp3) is 0.0714. The molecule has 2 aromatic rings. The highest BCUT2D eigenvalue weighted by atomic mass is 35.5. The minimum absolute atomic E-state index is 0.0568. The third kappa shape index (κ3) is 2.59. The van der Waals surface area contributed by atoms with Gasteiger partial charge in [0, 0.05) is 11.6 Å². The van der Waals surface area contributed by atoms with Crippen molar-refractivity contribution in [1.29, 1.82) is 0 Å². The van der Waals surface area contributed by atoms with Crippen LogP contribution in [0.2, 0.25) is 0 Å². The van der Waals surface area contributed by atoms with E-state index >= 15 is 0 Å². The third-order valence-electron chi connectivity index (χ3n) is 3.44. The smallest absolute Gasteiger partial charge is 0.271 e. The molecular formula is C14H9ClN4O4. The van der Waals surface area contributed by atoms with E-state index in [1.165, 1.54) is 12.1 Å². The van der Waals surface area contributed by atoms with Gasteiger partial charge in [0.05, 0.1) is 21.6 Å². The molecule has 0 bridgehead atoms. The third-order valence-corrected chi connectivity index (χ3v) is 3.88.